The van der Waals surface area contributed by atoms with Gasteiger partial charge in [0.2, 0.25) is 0 Å². The topological polar surface area (TPSA) is 64.3 Å². The number of aliphatic hydroxyl groups is 1. The van der Waals surface area contributed by atoms with Gasteiger partial charge in [0.05, 0.1) is 18.2 Å². The summed E-state index contributed by atoms with van der Waals surface area (Å²) < 4.78 is 0. The second-order valence-electron chi connectivity index (χ2n) is 3.59. The van der Waals surface area contributed by atoms with Crippen LogP contribution in [0.4, 0.5) is 0 Å². The molecule has 84 valence electrons. The molecule has 1 aromatic rings. The summed E-state index contributed by atoms with van der Waals surface area (Å²) >= 11 is 0. The van der Waals surface area contributed by atoms with Crippen molar-refractivity contribution in [1.82, 2.24) is 4.90 Å². The number of benzene rings is 1. The van der Waals surface area contributed by atoms with E-state index < -0.39 is 0 Å². The summed E-state index contributed by atoms with van der Waals surface area (Å²) in [7, 11) is 1.64. The Labute approximate surface area is 94.7 Å². The third kappa shape index (κ3) is 2.59. The highest BCUT2D eigenvalue weighted by molar-refractivity contribution is 5.95. The lowest BCUT2D eigenvalue weighted by atomic mass is 10.0. The van der Waals surface area contributed by atoms with Gasteiger partial charge >= 0.3 is 0 Å². The molecule has 0 bridgehead atoms. The van der Waals surface area contributed by atoms with E-state index in [0.29, 0.717) is 17.7 Å². The molecule has 0 radical (unpaired) electrons. The molecule has 16 heavy (non-hydrogen) atoms. The largest absolute Gasteiger partial charge is 0.395 e. The van der Waals surface area contributed by atoms with Gasteiger partial charge in [-0.25, -0.2) is 0 Å². The minimum absolute atomic E-state index is 0.0580. The van der Waals surface area contributed by atoms with E-state index in [0.717, 1.165) is 5.56 Å². The van der Waals surface area contributed by atoms with E-state index in [4.69, 9.17) is 10.4 Å². The van der Waals surface area contributed by atoms with Crippen LogP contribution in [0.15, 0.2) is 18.2 Å². The average molecular weight is 218 g/mol. The van der Waals surface area contributed by atoms with Crippen LogP contribution in [0.5, 0.6) is 0 Å². The van der Waals surface area contributed by atoms with Gasteiger partial charge in [0.25, 0.3) is 5.91 Å². The van der Waals surface area contributed by atoms with Gasteiger partial charge in [0.15, 0.2) is 0 Å². The van der Waals surface area contributed by atoms with E-state index in [2.05, 4.69) is 0 Å². The van der Waals surface area contributed by atoms with Crippen molar-refractivity contribution >= 4 is 5.91 Å². The summed E-state index contributed by atoms with van der Waals surface area (Å²) in [6.07, 6.45) is 0. The highest BCUT2D eigenvalue weighted by atomic mass is 16.3. The van der Waals surface area contributed by atoms with Crippen LogP contribution in [0, 0.1) is 18.3 Å². The highest BCUT2D eigenvalue weighted by Gasteiger charge is 2.13. The van der Waals surface area contributed by atoms with Crippen molar-refractivity contribution in [1.29, 1.82) is 5.26 Å². The number of likely N-dealkylation sites (N-methyl/N-ethyl adjacent to an activating group) is 1. The maximum Gasteiger partial charge on any atom is 0.253 e. The molecular formula is C12H14N2O2. The molecule has 0 saturated carbocycles. The second-order valence-corrected chi connectivity index (χ2v) is 3.59. The molecule has 1 aromatic carbocycles. The zero-order chi connectivity index (χ0) is 12.1. The number of aryl methyl sites for hydroxylation is 1. The Balaban J connectivity index is 2.97. The predicted molar refractivity (Wildman–Crippen MR) is 59.9 cm³/mol. The lowest BCUT2D eigenvalue weighted by molar-refractivity contribution is 0.0766. The molecule has 0 atom stereocenters. The van der Waals surface area contributed by atoms with E-state index in [1.807, 2.05) is 6.07 Å². The Morgan fingerprint density at radius 2 is 2.25 bits per heavy atom. The van der Waals surface area contributed by atoms with Gasteiger partial charge in [-0.3, -0.25) is 4.79 Å². The zero-order valence-electron chi connectivity index (χ0n) is 9.40. The average Bonchev–Trinajstić information content (AvgIpc) is 2.28. The Bertz CT molecular complexity index is 435. The summed E-state index contributed by atoms with van der Waals surface area (Å²) in [5, 5.41) is 17.5. The lowest BCUT2D eigenvalue weighted by Gasteiger charge is -2.16. The molecule has 1 amide bonds. The van der Waals surface area contributed by atoms with E-state index in [9.17, 15) is 4.79 Å². The van der Waals surface area contributed by atoms with Crippen molar-refractivity contribution in [2.75, 3.05) is 20.2 Å². The van der Waals surface area contributed by atoms with Crippen LogP contribution in [-0.4, -0.2) is 36.1 Å². The Morgan fingerprint density at radius 3 is 2.75 bits per heavy atom. The lowest BCUT2D eigenvalue weighted by Crippen LogP contribution is -2.29. The molecule has 0 unspecified atom stereocenters. The molecule has 0 saturated heterocycles. The summed E-state index contributed by atoms with van der Waals surface area (Å²) in [5.74, 6) is -0.143. The number of aliphatic hydroxyl groups excluding tert-OH is 1. The van der Waals surface area contributed by atoms with E-state index in [-0.39, 0.29) is 12.5 Å². The van der Waals surface area contributed by atoms with Gasteiger partial charge < -0.3 is 10.0 Å². The molecule has 0 fully saturated rings. The molecule has 4 nitrogen and oxygen atoms in total. The number of amides is 1. The Morgan fingerprint density at radius 1 is 1.56 bits per heavy atom. The molecule has 4 heteroatoms. The van der Waals surface area contributed by atoms with Crippen molar-refractivity contribution in [3.05, 3.63) is 34.9 Å². The maximum atomic E-state index is 11.9. The molecule has 0 aliphatic heterocycles. The van der Waals surface area contributed by atoms with Crippen molar-refractivity contribution in [2.24, 2.45) is 0 Å². The number of hydrogen-bond acceptors (Lipinski definition) is 3. The zero-order valence-corrected chi connectivity index (χ0v) is 9.40. The van der Waals surface area contributed by atoms with Crippen molar-refractivity contribution < 1.29 is 9.90 Å². The van der Waals surface area contributed by atoms with E-state index >= 15 is 0 Å². The smallest absolute Gasteiger partial charge is 0.253 e. The Kier molecular flexibility index (Phi) is 4.03. The van der Waals surface area contributed by atoms with Gasteiger partial charge in [-0.05, 0) is 30.7 Å². The van der Waals surface area contributed by atoms with Crippen molar-refractivity contribution in [2.45, 2.75) is 6.92 Å². The van der Waals surface area contributed by atoms with Crippen LogP contribution in [0.25, 0.3) is 0 Å². The number of nitrogens with zero attached hydrogens (tertiary/aromatic N) is 2. The van der Waals surface area contributed by atoms with Crippen LogP contribution in [-0.2, 0) is 0 Å². The number of carbonyl (C=O) groups is 1. The molecule has 0 aliphatic carbocycles. The SMILES string of the molecule is Cc1cc(C#N)ccc1C(=O)N(C)CCO. The summed E-state index contributed by atoms with van der Waals surface area (Å²) in [5.41, 5.74) is 1.88. The molecule has 0 aromatic heterocycles. The molecule has 1 rings (SSSR count). The second kappa shape index (κ2) is 5.29. The van der Waals surface area contributed by atoms with Gasteiger partial charge in [-0.15, -0.1) is 0 Å². The maximum absolute atomic E-state index is 11.9. The minimum Gasteiger partial charge on any atom is -0.395 e. The number of hydrogen-bond donors (Lipinski definition) is 1. The van der Waals surface area contributed by atoms with Crippen LogP contribution < -0.4 is 0 Å². The summed E-state index contributed by atoms with van der Waals surface area (Å²) in [6.45, 7) is 2.04. The summed E-state index contributed by atoms with van der Waals surface area (Å²) in [4.78, 5) is 13.3. The van der Waals surface area contributed by atoms with Gasteiger partial charge in [0, 0.05) is 19.2 Å². The first kappa shape index (κ1) is 12.2. The first-order valence-corrected chi connectivity index (χ1v) is 4.97. The molecule has 0 aliphatic rings. The fourth-order valence-electron chi connectivity index (χ4n) is 1.43. The summed E-state index contributed by atoms with van der Waals surface area (Å²) in [6, 6.07) is 6.97. The Hall–Kier alpha value is -1.86. The van der Waals surface area contributed by atoms with Crippen molar-refractivity contribution in [3.63, 3.8) is 0 Å². The highest BCUT2D eigenvalue weighted by Crippen LogP contribution is 2.12. The fraction of sp³-hybridized carbons (Fsp3) is 0.333. The van der Waals surface area contributed by atoms with Crippen LogP contribution >= 0.6 is 0 Å². The van der Waals surface area contributed by atoms with Crippen LogP contribution in [0.1, 0.15) is 21.5 Å². The first-order chi connectivity index (χ1) is 7.60. The quantitative estimate of drug-likeness (QED) is 0.820. The van der Waals surface area contributed by atoms with Gasteiger partial charge in [0.1, 0.15) is 0 Å². The van der Waals surface area contributed by atoms with Gasteiger partial charge in [-0.2, -0.15) is 5.26 Å². The normalized spacial score (nSPS) is 9.62. The number of carbonyl (C=O) groups excluding carboxylic acids is 1. The van der Waals surface area contributed by atoms with E-state index in [1.165, 1.54) is 4.90 Å². The third-order valence-electron chi connectivity index (χ3n) is 2.37. The number of rotatable bonds is 3. The van der Waals surface area contributed by atoms with Crippen LogP contribution in [0.3, 0.4) is 0 Å². The van der Waals surface area contributed by atoms with Crippen molar-refractivity contribution in [3.8, 4) is 6.07 Å². The fourth-order valence-corrected chi connectivity index (χ4v) is 1.43. The number of nitriles is 1. The molecule has 0 spiro atoms. The van der Waals surface area contributed by atoms with Gasteiger partial charge in [-0.1, -0.05) is 0 Å². The first-order valence-electron chi connectivity index (χ1n) is 4.97. The monoisotopic (exact) mass is 218 g/mol. The standard InChI is InChI=1S/C12H14N2O2/c1-9-7-10(8-13)3-4-11(9)12(16)14(2)5-6-15/h3-4,7,15H,5-6H2,1-2H3. The third-order valence-corrected chi connectivity index (χ3v) is 2.37. The molecule has 1 N–H and O–H groups in total. The van der Waals surface area contributed by atoms with E-state index in [1.54, 1.807) is 32.2 Å². The minimum atomic E-state index is -0.143. The van der Waals surface area contributed by atoms with Crippen LogP contribution in [0.2, 0.25) is 0 Å². The molecular weight excluding hydrogens is 204 g/mol. The predicted octanol–water partition coefficient (Wildman–Crippen LogP) is 0.931. The molecule has 0 heterocycles.